The van der Waals surface area contributed by atoms with Crippen LogP contribution < -0.4 is 18.3 Å². The molecule has 8 aromatic carbocycles. The fraction of sp³-hybridized carbons (Fsp3) is 0.241. The van der Waals surface area contributed by atoms with E-state index in [1.54, 1.807) is 0 Å². The number of aryl methyl sites for hydroxylation is 13. The van der Waals surface area contributed by atoms with E-state index in [4.69, 9.17) is 17.7 Å². The highest BCUT2D eigenvalue weighted by Crippen LogP contribution is 2.46. The van der Waals surface area contributed by atoms with Gasteiger partial charge in [0, 0.05) is 107 Å². The normalized spacial score (nSPS) is 13.8. The van der Waals surface area contributed by atoms with Crippen molar-refractivity contribution in [3.8, 4) is 89.5 Å². The molecule has 12 heterocycles. The van der Waals surface area contributed by atoms with Gasteiger partial charge in [0.05, 0.1) is 27.8 Å². The van der Waals surface area contributed by atoms with Gasteiger partial charge in [0.1, 0.15) is 28.2 Å². The molecule has 12 aromatic heterocycles. The molecule has 0 unspecified atom stereocenters. The van der Waals surface area contributed by atoms with Gasteiger partial charge in [0.2, 0.25) is 45.6 Å². The summed E-state index contributed by atoms with van der Waals surface area (Å²) < 4.78 is 34.1. The molecule has 0 saturated heterocycles. The molecule has 0 aliphatic heterocycles. The minimum atomic E-state index is 0.700. The van der Waals surface area contributed by atoms with Gasteiger partial charge in [-0.1, -0.05) is 190 Å². The average molecular weight is 1680 g/mol. The summed E-state index contributed by atoms with van der Waals surface area (Å²) in [6.45, 7) is 18.7. The Morgan fingerprint density at radius 3 is 0.984 bits per heavy atom. The molecule has 0 amide bonds. The van der Waals surface area contributed by atoms with Crippen molar-refractivity contribution in [2.24, 2.45) is 28.2 Å². The smallest absolute Gasteiger partial charge is 0.227 e. The van der Waals surface area contributed by atoms with Crippen molar-refractivity contribution < 1.29 is 35.9 Å². The van der Waals surface area contributed by atoms with Crippen LogP contribution in [-0.4, -0.2) is 19.9 Å². The summed E-state index contributed by atoms with van der Waals surface area (Å²) >= 11 is 0. The van der Waals surface area contributed by atoms with E-state index in [2.05, 4.69) is 350 Å². The molecule has 0 atom stereocenters. The van der Waals surface area contributed by atoms with Gasteiger partial charge in [0.15, 0.2) is 47.1 Å². The maximum absolute atomic E-state index is 6.41. The Bertz CT molecular complexity index is 7680. The topological polar surface area (TPSA) is 120 Å². The summed E-state index contributed by atoms with van der Waals surface area (Å²) in [6, 6.07) is 87.9. The Labute approximate surface area is 749 Å². The van der Waals surface area contributed by atoms with E-state index in [1.807, 2.05) is 45.9 Å². The lowest BCUT2D eigenvalue weighted by Gasteiger charge is -2.13. The summed E-state index contributed by atoms with van der Waals surface area (Å²) in [7, 11) is 8.44. The second-order valence-electron chi connectivity index (χ2n) is 36.5. The fourth-order valence-corrected chi connectivity index (χ4v) is 20.6. The largest absolute Gasteiger partial charge is 0.437 e. The first kappa shape index (κ1) is 82.4. The van der Waals surface area contributed by atoms with Gasteiger partial charge in [-0.25, -0.2) is 38.2 Å². The monoisotopic (exact) mass is 1680 g/mol. The Hall–Kier alpha value is -13.8. The lowest BCUT2D eigenvalue weighted by molar-refractivity contribution is -0.660. The van der Waals surface area contributed by atoms with Crippen molar-refractivity contribution in [2.45, 2.75) is 157 Å². The van der Waals surface area contributed by atoms with Crippen LogP contribution in [-0.2, 0) is 28.2 Å². The molecule has 0 N–H and O–H groups in total. The van der Waals surface area contributed by atoms with Gasteiger partial charge in [-0.05, 0) is 252 Å². The SMILES string of the molecule is Cc1ccc2c(n1)oc1c(-c3c(-c4ccc(C5CCCC5)cc4)ccc[n+]3C)c(C)ccc12.Cc1ccc2c(n1)oc1c(-c3cc(-c4ccc(C5CCCC5)cc4)cc[n+]3C)c(C)ccc12.Cc1ccc2c(n1)oc1c(-c3ccc(-c4ccc(C5CCCC5)cc4)c[n+]3C)c(C)ccc12.Cc1cccc(-c2ccc(-c3c(C)ccc4c3oc3nc(C)ccc34)[n+](C)c2)c1. The highest BCUT2D eigenvalue weighted by atomic mass is 16.4. The van der Waals surface area contributed by atoms with E-state index in [0.717, 1.165) is 145 Å². The lowest BCUT2D eigenvalue weighted by Crippen LogP contribution is -2.31. The molecule has 0 bridgehead atoms. The summed E-state index contributed by atoms with van der Waals surface area (Å²) in [5, 5.41) is 8.72. The predicted octanol–water partition coefficient (Wildman–Crippen LogP) is 28.3. The zero-order valence-electron chi connectivity index (χ0n) is 75.8. The van der Waals surface area contributed by atoms with E-state index < -0.39 is 0 Å². The molecule has 3 aliphatic carbocycles. The number of hydrogen-bond acceptors (Lipinski definition) is 8. The maximum Gasteiger partial charge on any atom is 0.227 e. The third-order valence-corrected chi connectivity index (χ3v) is 27.6. The molecule has 12 heteroatoms. The van der Waals surface area contributed by atoms with E-state index in [-0.39, 0.29) is 0 Å². The number of pyridine rings is 8. The fourth-order valence-electron chi connectivity index (χ4n) is 20.6. The minimum absolute atomic E-state index is 0.700. The van der Waals surface area contributed by atoms with Crippen LogP contribution >= 0.6 is 0 Å². The molecule has 20 aromatic rings. The van der Waals surface area contributed by atoms with Gasteiger partial charge in [-0.2, -0.15) is 0 Å². The third kappa shape index (κ3) is 15.8. The molecule has 0 radical (unpaired) electrons. The van der Waals surface area contributed by atoms with E-state index in [9.17, 15) is 0 Å². The summed E-state index contributed by atoms with van der Waals surface area (Å²) in [6.07, 6.45) is 24.9. The number of aromatic nitrogens is 8. The molecular weight excluding hydrogens is 1570 g/mol. The Balaban J connectivity index is 0.000000107. The van der Waals surface area contributed by atoms with Crippen LogP contribution in [0.2, 0.25) is 0 Å². The van der Waals surface area contributed by atoms with Crippen molar-refractivity contribution >= 4 is 88.3 Å². The Kier molecular flexibility index (Phi) is 22.2. The predicted molar refractivity (Wildman–Crippen MR) is 521 cm³/mol. The van der Waals surface area contributed by atoms with Crippen molar-refractivity contribution in [1.82, 2.24) is 19.9 Å². The van der Waals surface area contributed by atoms with Crippen molar-refractivity contribution in [2.75, 3.05) is 0 Å². The van der Waals surface area contributed by atoms with E-state index in [0.29, 0.717) is 22.9 Å². The number of benzene rings is 8. The van der Waals surface area contributed by atoms with Crippen LogP contribution in [0.25, 0.3) is 178 Å². The Morgan fingerprint density at radius 2 is 0.594 bits per heavy atom. The number of hydrogen-bond donors (Lipinski definition) is 0. The van der Waals surface area contributed by atoms with Gasteiger partial charge in [-0.3, -0.25) is 0 Å². The number of fused-ring (bicyclic) bond motifs is 12. The quantitative estimate of drug-likeness (QED) is 0.117. The molecule has 0 spiro atoms. The molecule has 128 heavy (non-hydrogen) atoms. The Morgan fingerprint density at radius 1 is 0.258 bits per heavy atom. The zero-order valence-corrected chi connectivity index (χ0v) is 75.8. The first-order valence-electron chi connectivity index (χ1n) is 45.8. The van der Waals surface area contributed by atoms with Gasteiger partial charge in [-0.15, -0.1) is 0 Å². The van der Waals surface area contributed by atoms with Crippen molar-refractivity contribution in [3.63, 3.8) is 0 Å². The zero-order chi connectivity index (χ0) is 87.7. The van der Waals surface area contributed by atoms with Crippen LogP contribution in [0.4, 0.5) is 0 Å². The third-order valence-electron chi connectivity index (χ3n) is 27.6. The van der Waals surface area contributed by atoms with Crippen LogP contribution in [0.5, 0.6) is 0 Å². The number of furan rings is 4. The van der Waals surface area contributed by atoms with Gasteiger partial charge in [0.25, 0.3) is 0 Å². The standard InChI is InChI=1S/3C30H29N2O.C26H23N2O/c1-19-10-16-25-26-17-11-20(2)31-30(26)33-29(25)27(19)28-24(9-6-18-32(28)3)23-14-12-22(13-15-23)21-7-4-5-8-21;1-19-8-15-25-26-16-9-20(2)31-30(26)33-29(25)28(19)27-17-14-24(18-32(27)3)23-12-10-22(11-13-23)21-6-4-5-7-21;1-19-8-14-25-26-15-9-20(2)31-30(26)33-29(25)28(19)27-18-24(16-17-32(27)3)23-12-10-22(11-13-23)21-6-4-5-7-21;1-16-6-5-7-19(14-16)20-10-13-23(28(4)15-20)24-17(2)8-11-21-22-12-9-18(3)27-26(22)29-25(21)24/h6,9-18,21H,4-5,7-8H2,1-3H3;2*8-18,21H,4-7H2,1-3H3;5-15H,1-4H3/q4*+1. The second-order valence-corrected chi connectivity index (χ2v) is 36.5. The average Bonchev–Trinajstić information content (AvgIpc) is 1.58. The minimum Gasteiger partial charge on any atom is -0.437 e. The summed E-state index contributed by atoms with van der Waals surface area (Å²) in [5.74, 6) is 2.23. The van der Waals surface area contributed by atoms with Gasteiger partial charge >= 0.3 is 0 Å². The molecule has 634 valence electrons. The van der Waals surface area contributed by atoms with Crippen LogP contribution in [0.3, 0.4) is 0 Å². The van der Waals surface area contributed by atoms with Crippen molar-refractivity contribution in [1.29, 1.82) is 0 Å². The molecular formula is C116H110N8O4+4. The van der Waals surface area contributed by atoms with Crippen LogP contribution in [0.15, 0.2) is 285 Å². The van der Waals surface area contributed by atoms with Crippen molar-refractivity contribution in [3.05, 3.63) is 335 Å². The highest BCUT2D eigenvalue weighted by molar-refractivity contribution is 6.12. The van der Waals surface area contributed by atoms with E-state index in [1.165, 1.54) is 172 Å². The first-order chi connectivity index (χ1) is 62.3. The van der Waals surface area contributed by atoms with E-state index >= 15 is 0 Å². The molecule has 3 fully saturated rings. The summed E-state index contributed by atoms with van der Waals surface area (Å²) in [4.78, 5) is 18.5. The molecule has 3 saturated carbocycles. The molecule has 3 aliphatic rings. The van der Waals surface area contributed by atoms with Gasteiger partial charge < -0.3 is 17.7 Å². The first-order valence-corrected chi connectivity index (χ1v) is 45.8. The number of rotatable bonds is 11. The second kappa shape index (κ2) is 34.5. The van der Waals surface area contributed by atoms with Crippen LogP contribution in [0, 0.1) is 62.3 Å². The highest BCUT2D eigenvalue weighted by Gasteiger charge is 2.30. The van der Waals surface area contributed by atoms with Crippen LogP contribution in [0.1, 0.15) is 162 Å². The molecule has 23 rings (SSSR count). The molecule has 12 nitrogen and oxygen atoms in total. The number of nitrogens with zero attached hydrogens (tertiary/aromatic N) is 8. The lowest BCUT2D eigenvalue weighted by atomic mass is 9.92. The summed E-state index contributed by atoms with van der Waals surface area (Å²) in [5.41, 5.74) is 39.8. The maximum atomic E-state index is 6.41.